The molecule has 1 aromatic carbocycles. The number of amides is 1. The highest BCUT2D eigenvalue weighted by Gasteiger charge is 2.14. The van der Waals surface area contributed by atoms with Crippen LogP contribution in [0.25, 0.3) is 0 Å². The summed E-state index contributed by atoms with van der Waals surface area (Å²) in [6.07, 6.45) is 0. The van der Waals surface area contributed by atoms with Crippen molar-refractivity contribution in [2.45, 2.75) is 6.04 Å². The van der Waals surface area contributed by atoms with Crippen LogP contribution in [0, 0.1) is 0 Å². The minimum absolute atomic E-state index is 0.353. The van der Waals surface area contributed by atoms with Gasteiger partial charge in [0.1, 0.15) is 6.04 Å². The summed E-state index contributed by atoms with van der Waals surface area (Å²) in [5, 5.41) is 0. The van der Waals surface area contributed by atoms with Gasteiger partial charge in [0, 0.05) is 0 Å². The molecule has 70 valence electrons. The predicted molar refractivity (Wildman–Crippen MR) is 48.5 cm³/mol. The van der Waals surface area contributed by atoms with E-state index in [0.717, 1.165) is 5.56 Å². The van der Waals surface area contributed by atoms with Crippen LogP contribution in [0.2, 0.25) is 0 Å². The molecule has 0 aliphatic heterocycles. The van der Waals surface area contributed by atoms with Crippen LogP contribution in [0.15, 0.2) is 30.3 Å². The zero-order chi connectivity index (χ0) is 9.68. The van der Waals surface area contributed by atoms with Crippen LogP contribution in [-0.2, 0) is 9.63 Å². The van der Waals surface area contributed by atoms with E-state index in [4.69, 9.17) is 5.73 Å². The molecule has 0 radical (unpaired) electrons. The predicted octanol–water partition coefficient (Wildman–Crippen LogP) is 0.364. The number of hydrogen-bond donors (Lipinski definition) is 2. The van der Waals surface area contributed by atoms with Crippen LogP contribution < -0.4 is 11.2 Å². The molecule has 3 N–H and O–H groups in total. The molecule has 0 heterocycles. The van der Waals surface area contributed by atoms with Gasteiger partial charge in [-0.2, -0.15) is 0 Å². The highest BCUT2D eigenvalue weighted by Crippen LogP contribution is 2.08. The second-order valence-corrected chi connectivity index (χ2v) is 2.56. The number of hydrogen-bond acceptors (Lipinski definition) is 3. The largest absolute Gasteiger partial charge is 0.316 e. The molecular weight excluding hydrogens is 168 g/mol. The lowest BCUT2D eigenvalue weighted by molar-refractivity contribution is -0.132. The number of nitrogens with one attached hydrogen (secondary N) is 1. The molecule has 13 heavy (non-hydrogen) atoms. The van der Waals surface area contributed by atoms with Gasteiger partial charge in [-0.25, -0.2) is 5.48 Å². The van der Waals surface area contributed by atoms with Gasteiger partial charge in [0.2, 0.25) is 0 Å². The van der Waals surface area contributed by atoms with Gasteiger partial charge in [-0.05, 0) is 5.56 Å². The van der Waals surface area contributed by atoms with E-state index in [1.165, 1.54) is 7.11 Å². The van der Waals surface area contributed by atoms with Crippen LogP contribution in [-0.4, -0.2) is 13.0 Å². The summed E-state index contributed by atoms with van der Waals surface area (Å²) >= 11 is 0. The molecule has 1 aromatic rings. The lowest BCUT2D eigenvalue weighted by Crippen LogP contribution is -2.33. The first-order valence-corrected chi connectivity index (χ1v) is 3.89. The smallest absolute Gasteiger partial charge is 0.265 e. The highest BCUT2D eigenvalue weighted by atomic mass is 16.6. The molecule has 0 aliphatic carbocycles. The van der Waals surface area contributed by atoms with E-state index in [0.29, 0.717) is 0 Å². The Kier molecular flexibility index (Phi) is 3.42. The number of nitrogens with two attached hydrogens (primary N) is 1. The fraction of sp³-hybridized carbons (Fsp3) is 0.222. The van der Waals surface area contributed by atoms with Gasteiger partial charge in [-0.1, -0.05) is 30.3 Å². The van der Waals surface area contributed by atoms with Crippen molar-refractivity contribution < 1.29 is 9.63 Å². The first-order chi connectivity index (χ1) is 6.25. The molecule has 0 aliphatic rings. The zero-order valence-corrected chi connectivity index (χ0v) is 7.36. The summed E-state index contributed by atoms with van der Waals surface area (Å²) in [5.41, 5.74) is 8.57. The van der Waals surface area contributed by atoms with Crippen LogP contribution in [0.1, 0.15) is 11.6 Å². The minimum atomic E-state index is -0.679. The fourth-order valence-electron chi connectivity index (χ4n) is 0.976. The average Bonchev–Trinajstić information content (AvgIpc) is 2.18. The third kappa shape index (κ3) is 2.54. The maximum atomic E-state index is 11.2. The summed E-state index contributed by atoms with van der Waals surface area (Å²) < 4.78 is 0. The van der Waals surface area contributed by atoms with E-state index in [1.807, 2.05) is 18.2 Å². The van der Waals surface area contributed by atoms with Gasteiger partial charge in [-0.15, -0.1) is 0 Å². The van der Waals surface area contributed by atoms with Gasteiger partial charge < -0.3 is 5.73 Å². The topological polar surface area (TPSA) is 64.3 Å². The first-order valence-electron chi connectivity index (χ1n) is 3.89. The van der Waals surface area contributed by atoms with Gasteiger partial charge in [0.15, 0.2) is 0 Å². The second kappa shape index (κ2) is 4.59. The Morgan fingerprint density at radius 1 is 1.46 bits per heavy atom. The van der Waals surface area contributed by atoms with E-state index in [1.54, 1.807) is 12.1 Å². The van der Waals surface area contributed by atoms with Crippen molar-refractivity contribution in [3.63, 3.8) is 0 Å². The Labute approximate surface area is 76.6 Å². The maximum absolute atomic E-state index is 11.2. The lowest BCUT2D eigenvalue weighted by atomic mass is 10.1. The van der Waals surface area contributed by atoms with E-state index < -0.39 is 6.04 Å². The zero-order valence-electron chi connectivity index (χ0n) is 7.36. The van der Waals surface area contributed by atoms with E-state index in [2.05, 4.69) is 10.3 Å². The van der Waals surface area contributed by atoms with Crippen LogP contribution in [0.4, 0.5) is 0 Å². The number of carbonyl (C=O) groups excluding carboxylic acids is 1. The molecule has 0 saturated carbocycles. The summed E-state index contributed by atoms with van der Waals surface area (Å²) in [6, 6.07) is 8.43. The van der Waals surface area contributed by atoms with Crippen molar-refractivity contribution in [1.29, 1.82) is 0 Å². The third-order valence-corrected chi connectivity index (χ3v) is 1.64. The second-order valence-electron chi connectivity index (χ2n) is 2.56. The standard InChI is InChI=1S/C9H12N2O2/c1-13-11-9(12)8(10)7-5-3-2-4-6-7/h2-6,8H,10H2,1H3,(H,11,12)/t8-/m0/s1. The van der Waals surface area contributed by atoms with Gasteiger partial charge >= 0.3 is 0 Å². The van der Waals surface area contributed by atoms with Crippen LogP contribution in [0.3, 0.4) is 0 Å². The summed E-state index contributed by atoms with van der Waals surface area (Å²) in [7, 11) is 1.37. The lowest BCUT2D eigenvalue weighted by Gasteiger charge is -2.10. The highest BCUT2D eigenvalue weighted by molar-refractivity contribution is 5.81. The van der Waals surface area contributed by atoms with E-state index in [9.17, 15) is 4.79 Å². The molecule has 4 nitrogen and oxygen atoms in total. The Hall–Kier alpha value is -1.39. The van der Waals surface area contributed by atoms with Gasteiger partial charge in [0.05, 0.1) is 7.11 Å². The third-order valence-electron chi connectivity index (χ3n) is 1.64. The summed E-state index contributed by atoms with van der Waals surface area (Å²) in [6.45, 7) is 0. The van der Waals surface area contributed by atoms with Crippen molar-refractivity contribution >= 4 is 5.91 Å². The molecule has 0 aromatic heterocycles. The Morgan fingerprint density at radius 3 is 2.62 bits per heavy atom. The van der Waals surface area contributed by atoms with E-state index >= 15 is 0 Å². The van der Waals surface area contributed by atoms with Gasteiger partial charge in [-0.3, -0.25) is 9.63 Å². The number of carbonyl (C=O) groups is 1. The van der Waals surface area contributed by atoms with Crippen molar-refractivity contribution in [1.82, 2.24) is 5.48 Å². The van der Waals surface area contributed by atoms with Crippen molar-refractivity contribution in [2.75, 3.05) is 7.11 Å². The summed E-state index contributed by atoms with van der Waals surface area (Å²) in [4.78, 5) is 15.6. The van der Waals surface area contributed by atoms with Crippen LogP contribution >= 0.6 is 0 Å². The fourth-order valence-corrected chi connectivity index (χ4v) is 0.976. The number of hydroxylamine groups is 1. The molecular formula is C9H12N2O2. The molecule has 0 spiro atoms. The minimum Gasteiger partial charge on any atom is -0.316 e. The van der Waals surface area contributed by atoms with Gasteiger partial charge in [0.25, 0.3) is 5.91 Å². The maximum Gasteiger partial charge on any atom is 0.265 e. The Morgan fingerprint density at radius 2 is 2.08 bits per heavy atom. The molecule has 0 fully saturated rings. The molecule has 1 rings (SSSR count). The average molecular weight is 180 g/mol. The molecule has 1 amide bonds. The first kappa shape index (κ1) is 9.70. The SMILES string of the molecule is CONC(=O)[C@@H](N)c1ccccc1. The number of benzene rings is 1. The Balaban J connectivity index is 2.68. The van der Waals surface area contributed by atoms with Crippen LogP contribution in [0.5, 0.6) is 0 Å². The molecule has 0 unspecified atom stereocenters. The van der Waals surface area contributed by atoms with E-state index in [-0.39, 0.29) is 5.91 Å². The molecule has 4 heteroatoms. The van der Waals surface area contributed by atoms with Crippen molar-refractivity contribution in [3.8, 4) is 0 Å². The molecule has 0 saturated heterocycles. The molecule has 1 atom stereocenters. The van der Waals surface area contributed by atoms with Crippen molar-refractivity contribution in [3.05, 3.63) is 35.9 Å². The Bertz CT molecular complexity index is 274. The normalized spacial score (nSPS) is 12.2. The summed E-state index contributed by atoms with van der Waals surface area (Å²) in [5.74, 6) is -0.353. The number of rotatable bonds is 3. The van der Waals surface area contributed by atoms with Crippen molar-refractivity contribution in [2.24, 2.45) is 5.73 Å². The monoisotopic (exact) mass is 180 g/mol. The molecule has 0 bridgehead atoms. The quantitative estimate of drug-likeness (QED) is 0.660.